The Labute approximate surface area is 117 Å². The summed E-state index contributed by atoms with van der Waals surface area (Å²) in [4.78, 5) is 4.06. The summed E-state index contributed by atoms with van der Waals surface area (Å²) >= 11 is 6.09. The van der Waals surface area contributed by atoms with Gasteiger partial charge in [-0.3, -0.25) is 4.98 Å². The molecule has 0 aliphatic rings. The summed E-state index contributed by atoms with van der Waals surface area (Å²) in [6.07, 6.45) is 4.11. The SMILES string of the molecule is COc1ccc(C(C#N)Cc2cccnc2)cc1Cl. The van der Waals surface area contributed by atoms with E-state index in [4.69, 9.17) is 16.3 Å². The van der Waals surface area contributed by atoms with E-state index in [9.17, 15) is 5.26 Å². The van der Waals surface area contributed by atoms with Crippen LogP contribution in [-0.4, -0.2) is 12.1 Å². The fourth-order valence-corrected chi connectivity index (χ4v) is 2.16. The number of methoxy groups -OCH3 is 1. The Morgan fingerprint density at radius 1 is 1.42 bits per heavy atom. The molecule has 0 amide bonds. The monoisotopic (exact) mass is 272 g/mol. The standard InChI is InChI=1S/C15H13ClN2O/c1-19-15-5-4-12(8-14(15)16)13(9-17)7-11-3-2-6-18-10-11/h2-6,8,10,13H,7H2,1H3. The van der Waals surface area contributed by atoms with Gasteiger partial charge in [0.25, 0.3) is 0 Å². The number of hydrogen-bond acceptors (Lipinski definition) is 3. The zero-order valence-corrected chi connectivity index (χ0v) is 11.3. The predicted molar refractivity (Wildman–Crippen MR) is 74.3 cm³/mol. The van der Waals surface area contributed by atoms with Crippen molar-refractivity contribution in [3.05, 3.63) is 58.9 Å². The van der Waals surface area contributed by atoms with E-state index in [-0.39, 0.29) is 5.92 Å². The summed E-state index contributed by atoms with van der Waals surface area (Å²) in [6.45, 7) is 0. The highest BCUT2D eigenvalue weighted by Crippen LogP contribution is 2.29. The molecule has 0 saturated heterocycles. The zero-order chi connectivity index (χ0) is 13.7. The molecule has 0 aliphatic carbocycles. The van der Waals surface area contributed by atoms with Gasteiger partial charge in [0.1, 0.15) is 5.75 Å². The summed E-state index contributed by atoms with van der Waals surface area (Å²) < 4.78 is 5.11. The number of hydrogen-bond donors (Lipinski definition) is 0. The molecule has 0 spiro atoms. The molecule has 1 atom stereocenters. The first-order valence-electron chi connectivity index (χ1n) is 5.86. The van der Waals surface area contributed by atoms with Gasteiger partial charge in [0.15, 0.2) is 0 Å². The minimum absolute atomic E-state index is 0.243. The molecule has 19 heavy (non-hydrogen) atoms. The molecule has 1 unspecified atom stereocenters. The third-order valence-electron chi connectivity index (χ3n) is 2.90. The van der Waals surface area contributed by atoms with Crippen molar-refractivity contribution < 1.29 is 4.74 Å². The van der Waals surface area contributed by atoms with E-state index in [1.807, 2.05) is 18.2 Å². The molecule has 0 radical (unpaired) electrons. The number of rotatable bonds is 4. The second-order valence-corrected chi connectivity index (χ2v) is 4.55. The molecule has 96 valence electrons. The van der Waals surface area contributed by atoms with Gasteiger partial charge >= 0.3 is 0 Å². The summed E-state index contributed by atoms with van der Waals surface area (Å²) in [5, 5.41) is 9.83. The molecule has 2 rings (SSSR count). The van der Waals surface area contributed by atoms with Crippen LogP contribution in [0.5, 0.6) is 5.75 Å². The number of halogens is 1. The Kier molecular flexibility index (Phi) is 4.38. The van der Waals surface area contributed by atoms with Crippen molar-refractivity contribution in [2.75, 3.05) is 7.11 Å². The highest BCUT2D eigenvalue weighted by atomic mass is 35.5. The molecule has 1 aromatic heterocycles. The van der Waals surface area contributed by atoms with Crippen LogP contribution >= 0.6 is 11.6 Å². The second kappa shape index (κ2) is 6.21. The van der Waals surface area contributed by atoms with Crippen molar-refractivity contribution in [1.82, 2.24) is 4.98 Å². The molecule has 0 fully saturated rings. The van der Waals surface area contributed by atoms with E-state index in [1.165, 1.54) is 0 Å². The number of ether oxygens (including phenoxy) is 1. The van der Waals surface area contributed by atoms with E-state index in [2.05, 4.69) is 11.1 Å². The molecule has 0 bridgehead atoms. The van der Waals surface area contributed by atoms with Gasteiger partial charge < -0.3 is 4.74 Å². The Morgan fingerprint density at radius 2 is 2.26 bits per heavy atom. The molecular formula is C15H13ClN2O. The lowest BCUT2D eigenvalue weighted by Crippen LogP contribution is -2.01. The lowest BCUT2D eigenvalue weighted by Gasteiger charge is -2.11. The van der Waals surface area contributed by atoms with Crippen LogP contribution < -0.4 is 4.74 Å². The largest absolute Gasteiger partial charge is 0.495 e. The molecule has 0 aliphatic heterocycles. The lowest BCUT2D eigenvalue weighted by molar-refractivity contribution is 0.415. The zero-order valence-electron chi connectivity index (χ0n) is 10.5. The number of aromatic nitrogens is 1. The van der Waals surface area contributed by atoms with Crippen LogP contribution in [0.2, 0.25) is 5.02 Å². The number of benzene rings is 1. The maximum absolute atomic E-state index is 9.31. The van der Waals surface area contributed by atoms with Crippen molar-refractivity contribution >= 4 is 11.6 Å². The predicted octanol–water partition coefficient (Wildman–Crippen LogP) is 3.59. The quantitative estimate of drug-likeness (QED) is 0.854. The van der Waals surface area contributed by atoms with E-state index >= 15 is 0 Å². The molecular weight excluding hydrogens is 260 g/mol. The average molecular weight is 273 g/mol. The third-order valence-corrected chi connectivity index (χ3v) is 3.19. The molecule has 4 heteroatoms. The summed E-state index contributed by atoms with van der Waals surface area (Å²) in [6, 6.07) is 11.6. The normalized spacial score (nSPS) is 11.6. The maximum Gasteiger partial charge on any atom is 0.137 e. The van der Waals surface area contributed by atoms with Crippen LogP contribution in [0.25, 0.3) is 0 Å². The Hall–Kier alpha value is -2.05. The fourth-order valence-electron chi connectivity index (χ4n) is 1.89. The molecule has 1 heterocycles. The van der Waals surface area contributed by atoms with Crippen molar-refractivity contribution in [2.45, 2.75) is 12.3 Å². The van der Waals surface area contributed by atoms with Crippen molar-refractivity contribution in [2.24, 2.45) is 0 Å². The van der Waals surface area contributed by atoms with Crippen molar-refractivity contribution in [1.29, 1.82) is 5.26 Å². The van der Waals surface area contributed by atoms with E-state index < -0.39 is 0 Å². The third kappa shape index (κ3) is 3.24. The highest BCUT2D eigenvalue weighted by Gasteiger charge is 2.13. The van der Waals surface area contributed by atoms with E-state index in [0.29, 0.717) is 17.2 Å². The van der Waals surface area contributed by atoms with Gasteiger partial charge in [-0.05, 0) is 35.7 Å². The van der Waals surface area contributed by atoms with E-state index in [0.717, 1.165) is 11.1 Å². The summed E-state index contributed by atoms with van der Waals surface area (Å²) in [5.74, 6) is 0.371. The number of nitriles is 1. The van der Waals surface area contributed by atoms with Gasteiger partial charge in [0, 0.05) is 12.4 Å². The van der Waals surface area contributed by atoms with Crippen LogP contribution in [0.4, 0.5) is 0 Å². The number of nitrogens with zero attached hydrogens (tertiary/aromatic N) is 2. The van der Waals surface area contributed by atoms with Crippen LogP contribution in [0, 0.1) is 11.3 Å². The second-order valence-electron chi connectivity index (χ2n) is 4.14. The van der Waals surface area contributed by atoms with Gasteiger partial charge in [-0.1, -0.05) is 23.7 Å². The first-order chi connectivity index (χ1) is 9.24. The lowest BCUT2D eigenvalue weighted by atomic mass is 9.94. The van der Waals surface area contributed by atoms with Gasteiger partial charge in [0.05, 0.1) is 24.1 Å². The van der Waals surface area contributed by atoms with Gasteiger partial charge in [0.2, 0.25) is 0 Å². The van der Waals surface area contributed by atoms with Crippen LogP contribution in [-0.2, 0) is 6.42 Å². The topological polar surface area (TPSA) is 45.9 Å². The molecule has 0 saturated carbocycles. The van der Waals surface area contributed by atoms with Crippen molar-refractivity contribution in [3.8, 4) is 11.8 Å². The minimum atomic E-state index is -0.243. The van der Waals surface area contributed by atoms with Gasteiger partial charge in [-0.2, -0.15) is 5.26 Å². The average Bonchev–Trinajstić information content (AvgIpc) is 2.46. The Balaban J connectivity index is 2.23. The Bertz CT molecular complexity index is 593. The first-order valence-corrected chi connectivity index (χ1v) is 6.24. The van der Waals surface area contributed by atoms with E-state index in [1.54, 1.807) is 31.6 Å². The van der Waals surface area contributed by atoms with Crippen LogP contribution in [0.1, 0.15) is 17.0 Å². The minimum Gasteiger partial charge on any atom is -0.495 e. The van der Waals surface area contributed by atoms with Crippen LogP contribution in [0.3, 0.4) is 0 Å². The maximum atomic E-state index is 9.31. The smallest absolute Gasteiger partial charge is 0.137 e. The first kappa shape index (κ1) is 13.4. The Morgan fingerprint density at radius 3 is 2.84 bits per heavy atom. The number of pyridine rings is 1. The summed E-state index contributed by atoms with van der Waals surface area (Å²) in [7, 11) is 1.57. The highest BCUT2D eigenvalue weighted by molar-refractivity contribution is 6.32. The van der Waals surface area contributed by atoms with Gasteiger partial charge in [-0.15, -0.1) is 0 Å². The molecule has 2 aromatic rings. The van der Waals surface area contributed by atoms with Crippen molar-refractivity contribution in [3.63, 3.8) is 0 Å². The van der Waals surface area contributed by atoms with Gasteiger partial charge in [-0.25, -0.2) is 0 Å². The molecule has 3 nitrogen and oxygen atoms in total. The summed E-state index contributed by atoms with van der Waals surface area (Å²) in [5.41, 5.74) is 1.91. The van der Waals surface area contributed by atoms with Crippen LogP contribution in [0.15, 0.2) is 42.7 Å². The molecule has 0 N–H and O–H groups in total. The molecule has 1 aromatic carbocycles. The fraction of sp³-hybridized carbons (Fsp3) is 0.200.